The molecule has 107 valence electrons. The number of benzene rings is 3. The Labute approximate surface area is 133 Å². The van der Waals surface area contributed by atoms with Crippen LogP contribution in [-0.4, -0.2) is 4.57 Å². The van der Waals surface area contributed by atoms with Crippen LogP contribution in [0.15, 0.2) is 66.7 Å². The van der Waals surface area contributed by atoms with E-state index in [0.717, 1.165) is 23.0 Å². The Kier molecular flexibility index (Phi) is 3.05. The van der Waals surface area contributed by atoms with E-state index in [2.05, 4.69) is 16.7 Å². The van der Waals surface area contributed by atoms with Gasteiger partial charge in [0.1, 0.15) is 0 Å². The van der Waals surface area contributed by atoms with Gasteiger partial charge in [0.25, 0.3) is 0 Å². The lowest BCUT2D eigenvalue weighted by atomic mass is 10.1. The summed E-state index contributed by atoms with van der Waals surface area (Å²) in [7, 11) is 0. The van der Waals surface area contributed by atoms with Gasteiger partial charge in [-0.15, -0.1) is 0 Å². The Bertz CT molecular complexity index is 973. The lowest BCUT2D eigenvalue weighted by molar-refractivity contribution is 0.361. The van der Waals surface area contributed by atoms with Crippen LogP contribution in [0.25, 0.3) is 21.8 Å². The number of hydrogen-bond donors (Lipinski definition) is 0. The highest BCUT2D eigenvalue weighted by Crippen LogP contribution is 2.39. The third-order valence-corrected chi connectivity index (χ3v) is 4.32. The van der Waals surface area contributed by atoms with E-state index in [1.807, 2.05) is 48.5 Å². The maximum Gasteiger partial charge on any atom is 0.207 e. The Morgan fingerprint density at radius 2 is 1.55 bits per heavy atom. The van der Waals surface area contributed by atoms with Crippen molar-refractivity contribution in [2.24, 2.45) is 0 Å². The molecule has 0 saturated carbocycles. The van der Waals surface area contributed by atoms with Crippen LogP contribution in [0.1, 0.15) is 5.56 Å². The van der Waals surface area contributed by atoms with E-state index in [0.29, 0.717) is 5.39 Å². The molecular formula is C19H13ClNO. The molecule has 4 aromatic rings. The zero-order valence-electron chi connectivity index (χ0n) is 11.8. The van der Waals surface area contributed by atoms with Crippen LogP contribution < -0.4 is 0 Å². The number of para-hydroxylation sites is 1. The van der Waals surface area contributed by atoms with Crippen molar-refractivity contribution in [2.75, 3.05) is 0 Å². The van der Waals surface area contributed by atoms with Crippen LogP contribution in [0, 0.1) is 0 Å². The summed E-state index contributed by atoms with van der Waals surface area (Å²) in [6.45, 7) is 0.728. The van der Waals surface area contributed by atoms with Crippen LogP contribution in [0.2, 0.25) is 5.02 Å². The van der Waals surface area contributed by atoms with E-state index >= 15 is 0 Å². The SMILES string of the molecule is [O]c1c(Cl)ccc2c1c1ccccc1n2Cc1ccccc1. The molecule has 3 aromatic carbocycles. The number of hydrogen-bond acceptors (Lipinski definition) is 0. The second-order valence-electron chi connectivity index (χ2n) is 5.36. The van der Waals surface area contributed by atoms with Gasteiger partial charge in [-0.1, -0.05) is 60.1 Å². The molecule has 1 heterocycles. The van der Waals surface area contributed by atoms with Gasteiger partial charge in [0, 0.05) is 17.4 Å². The van der Waals surface area contributed by atoms with Gasteiger partial charge in [0.2, 0.25) is 5.75 Å². The van der Waals surface area contributed by atoms with Gasteiger partial charge in [-0.3, -0.25) is 5.11 Å². The first-order valence-electron chi connectivity index (χ1n) is 7.16. The van der Waals surface area contributed by atoms with Gasteiger partial charge in [0.05, 0.1) is 15.9 Å². The Morgan fingerprint density at radius 3 is 2.36 bits per heavy atom. The topological polar surface area (TPSA) is 24.8 Å². The predicted molar refractivity (Wildman–Crippen MR) is 90.1 cm³/mol. The minimum atomic E-state index is -0.0952. The second-order valence-corrected chi connectivity index (χ2v) is 5.77. The monoisotopic (exact) mass is 306 g/mol. The van der Waals surface area contributed by atoms with Crippen molar-refractivity contribution in [1.29, 1.82) is 0 Å². The average molecular weight is 307 g/mol. The zero-order chi connectivity index (χ0) is 15.1. The first kappa shape index (κ1) is 13.2. The van der Waals surface area contributed by atoms with Gasteiger partial charge in [-0.05, 0) is 23.8 Å². The summed E-state index contributed by atoms with van der Waals surface area (Å²) in [5, 5.41) is 14.4. The van der Waals surface area contributed by atoms with E-state index in [-0.39, 0.29) is 10.8 Å². The summed E-state index contributed by atoms with van der Waals surface area (Å²) in [4.78, 5) is 0. The molecule has 0 atom stereocenters. The van der Waals surface area contributed by atoms with Crippen molar-refractivity contribution in [3.05, 3.63) is 77.3 Å². The van der Waals surface area contributed by atoms with Crippen molar-refractivity contribution in [2.45, 2.75) is 6.54 Å². The molecule has 0 aliphatic heterocycles. The van der Waals surface area contributed by atoms with Gasteiger partial charge in [-0.2, -0.15) is 0 Å². The summed E-state index contributed by atoms with van der Waals surface area (Å²) < 4.78 is 2.18. The van der Waals surface area contributed by atoms with Crippen molar-refractivity contribution in [1.82, 2.24) is 4.57 Å². The molecule has 2 nitrogen and oxygen atoms in total. The number of halogens is 1. The van der Waals surface area contributed by atoms with E-state index in [9.17, 15) is 5.11 Å². The third-order valence-electron chi connectivity index (χ3n) is 4.03. The van der Waals surface area contributed by atoms with Gasteiger partial charge < -0.3 is 4.57 Å². The van der Waals surface area contributed by atoms with Gasteiger partial charge >= 0.3 is 0 Å². The molecule has 0 fully saturated rings. The van der Waals surface area contributed by atoms with Crippen molar-refractivity contribution < 1.29 is 5.11 Å². The molecule has 0 unspecified atom stereocenters. The molecule has 1 aromatic heterocycles. The Balaban J connectivity index is 2.06. The minimum Gasteiger partial charge on any atom is -0.336 e. The largest absolute Gasteiger partial charge is 0.336 e. The highest BCUT2D eigenvalue weighted by molar-refractivity contribution is 6.34. The van der Waals surface area contributed by atoms with Crippen LogP contribution in [-0.2, 0) is 11.7 Å². The molecule has 22 heavy (non-hydrogen) atoms. The molecule has 0 saturated heterocycles. The van der Waals surface area contributed by atoms with E-state index in [4.69, 9.17) is 11.6 Å². The summed E-state index contributed by atoms with van der Waals surface area (Å²) in [5.74, 6) is -0.0952. The van der Waals surface area contributed by atoms with Crippen LogP contribution in [0.3, 0.4) is 0 Å². The molecule has 0 aliphatic rings. The van der Waals surface area contributed by atoms with E-state index in [1.54, 1.807) is 6.07 Å². The minimum absolute atomic E-state index is 0.0952. The molecule has 0 amide bonds. The van der Waals surface area contributed by atoms with Gasteiger partial charge in [0.15, 0.2) is 0 Å². The first-order valence-corrected chi connectivity index (χ1v) is 7.54. The highest BCUT2D eigenvalue weighted by Gasteiger charge is 2.16. The quantitative estimate of drug-likeness (QED) is 0.458. The molecule has 4 rings (SSSR count). The molecule has 1 radical (unpaired) electrons. The molecule has 0 aliphatic carbocycles. The van der Waals surface area contributed by atoms with Gasteiger partial charge in [-0.25, -0.2) is 0 Å². The van der Waals surface area contributed by atoms with E-state index in [1.165, 1.54) is 5.56 Å². The maximum absolute atomic E-state index is 12.5. The van der Waals surface area contributed by atoms with Crippen LogP contribution in [0.4, 0.5) is 0 Å². The summed E-state index contributed by atoms with van der Waals surface area (Å²) in [6.07, 6.45) is 0. The van der Waals surface area contributed by atoms with Crippen molar-refractivity contribution in [3.8, 4) is 5.75 Å². The average Bonchev–Trinajstić information content (AvgIpc) is 2.87. The van der Waals surface area contributed by atoms with Crippen molar-refractivity contribution in [3.63, 3.8) is 0 Å². The number of nitrogens with zero attached hydrogens (tertiary/aromatic N) is 1. The Morgan fingerprint density at radius 1 is 0.818 bits per heavy atom. The zero-order valence-corrected chi connectivity index (χ0v) is 12.5. The fraction of sp³-hybridized carbons (Fsp3) is 0.0526. The first-order chi connectivity index (χ1) is 10.8. The number of aromatic nitrogens is 1. The predicted octanol–water partition coefficient (Wildman–Crippen LogP) is 5.64. The normalized spacial score (nSPS) is 11.3. The van der Waals surface area contributed by atoms with Crippen molar-refractivity contribution >= 4 is 33.4 Å². The lowest BCUT2D eigenvalue weighted by Crippen LogP contribution is -1.98. The van der Waals surface area contributed by atoms with Crippen LogP contribution >= 0.6 is 11.6 Å². The highest BCUT2D eigenvalue weighted by atomic mass is 35.5. The fourth-order valence-corrected chi connectivity index (χ4v) is 3.18. The number of fused-ring (bicyclic) bond motifs is 3. The standard InChI is InChI=1S/C19H13ClNO/c20-15-10-11-17-18(19(15)22)14-8-4-5-9-16(14)21(17)12-13-6-2-1-3-7-13/h1-11H,12H2. The Hall–Kier alpha value is -2.45. The lowest BCUT2D eigenvalue weighted by Gasteiger charge is -2.07. The maximum atomic E-state index is 12.5. The van der Waals surface area contributed by atoms with Crippen LogP contribution in [0.5, 0.6) is 5.75 Å². The van der Waals surface area contributed by atoms with E-state index < -0.39 is 0 Å². The molecular weight excluding hydrogens is 294 g/mol. The molecule has 0 N–H and O–H groups in total. The fourth-order valence-electron chi connectivity index (χ4n) is 3.02. The number of rotatable bonds is 2. The third kappa shape index (κ3) is 1.96. The molecule has 0 spiro atoms. The second kappa shape index (κ2) is 5.08. The smallest absolute Gasteiger partial charge is 0.207 e. The molecule has 0 bridgehead atoms. The summed E-state index contributed by atoms with van der Waals surface area (Å²) in [5.41, 5.74) is 3.19. The summed E-state index contributed by atoms with van der Waals surface area (Å²) in [6, 6.07) is 21.8. The molecule has 3 heteroatoms. The summed E-state index contributed by atoms with van der Waals surface area (Å²) >= 11 is 6.04.